The maximum atomic E-state index is 12.5. The zero-order valence-electron chi connectivity index (χ0n) is 20.1. The SMILES string of the molecule is CN(C)CCn1c(=O)oc2cccc(-c3ccc(C[C@@H](C#N)NC(=O)[C@@H]4CNCCCO4)cc3)c21. The summed E-state index contributed by atoms with van der Waals surface area (Å²) in [6.07, 6.45) is 0.652. The summed E-state index contributed by atoms with van der Waals surface area (Å²) >= 11 is 0. The van der Waals surface area contributed by atoms with Gasteiger partial charge in [-0.3, -0.25) is 9.36 Å². The van der Waals surface area contributed by atoms with Crippen molar-refractivity contribution in [2.24, 2.45) is 0 Å². The molecule has 184 valence electrons. The molecule has 0 unspecified atom stereocenters. The van der Waals surface area contributed by atoms with Crippen molar-refractivity contribution in [1.82, 2.24) is 20.1 Å². The number of hydrogen-bond donors (Lipinski definition) is 2. The van der Waals surface area contributed by atoms with Crippen LogP contribution in [0.15, 0.2) is 51.7 Å². The summed E-state index contributed by atoms with van der Waals surface area (Å²) in [7, 11) is 3.93. The van der Waals surface area contributed by atoms with Crippen LogP contribution in [0.25, 0.3) is 22.2 Å². The van der Waals surface area contributed by atoms with E-state index < -0.39 is 12.1 Å². The Morgan fingerprint density at radius 1 is 1.29 bits per heavy atom. The molecule has 2 N–H and O–H groups in total. The predicted molar refractivity (Wildman–Crippen MR) is 133 cm³/mol. The van der Waals surface area contributed by atoms with E-state index in [1.54, 1.807) is 10.6 Å². The minimum atomic E-state index is -0.659. The van der Waals surface area contributed by atoms with E-state index in [-0.39, 0.29) is 11.7 Å². The minimum absolute atomic E-state index is 0.273. The van der Waals surface area contributed by atoms with Crippen molar-refractivity contribution < 1.29 is 13.9 Å². The normalized spacial score (nSPS) is 17.1. The number of ether oxygens (including phenoxy) is 1. The Balaban J connectivity index is 1.50. The zero-order valence-corrected chi connectivity index (χ0v) is 20.1. The molecule has 3 aromatic rings. The molecule has 2 aromatic carbocycles. The van der Waals surface area contributed by atoms with Gasteiger partial charge in [0.05, 0.1) is 11.6 Å². The van der Waals surface area contributed by atoms with Gasteiger partial charge in [0.15, 0.2) is 5.58 Å². The monoisotopic (exact) mass is 477 g/mol. The molecule has 1 aliphatic heterocycles. The van der Waals surface area contributed by atoms with Crippen molar-refractivity contribution in [2.45, 2.75) is 31.5 Å². The second-order valence-corrected chi connectivity index (χ2v) is 8.98. The van der Waals surface area contributed by atoms with Gasteiger partial charge < -0.3 is 24.7 Å². The number of oxazole rings is 1. The van der Waals surface area contributed by atoms with E-state index in [9.17, 15) is 14.9 Å². The molecule has 0 saturated carbocycles. The fourth-order valence-electron chi connectivity index (χ4n) is 4.19. The van der Waals surface area contributed by atoms with Gasteiger partial charge in [-0.25, -0.2) is 4.79 Å². The van der Waals surface area contributed by atoms with Gasteiger partial charge in [-0.1, -0.05) is 36.4 Å². The molecule has 1 fully saturated rings. The summed E-state index contributed by atoms with van der Waals surface area (Å²) in [5, 5.41) is 15.6. The van der Waals surface area contributed by atoms with Crippen LogP contribution in [0.3, 0.4) is 0 Å². The van der Waals surface area contributed by atoms with E-state index >= 15 is 0 Å². The standard InChI is InChI=1S/C26H31N5O4/c1-30(2)12-13-31-24-21(5-3-6-22(24)35-26(31)33)19-9-7-18(8-10-19)15-20(16-27)29-25(32)23-17-28-11-4-14-34-23/h3,5-10,20,23,28H,4,11-15,17H2,1-2H3,(H,29,32)/t20-,23-/m0/s1. The highest BCUT2D eigenvalue weighted by Gasteiger charge is 2.23. The summed E-state index contributed by atoms with van der Waals surface area (Å²) in [5.41, 5.74) is 4.09. The molecular weight excluding hydrogens is 446 g/mol. The van der Waals surface area contributed by atoms with E-state index in [2.05, 4.69) is 16.7 Å². The molecule has 2 heterocycles. The van der Waals surface area contributed by atoms with Gasteiger partial charge in [0.1, 0.15) is 12.1 Å². The van der Waals surface area contributed by atoms with E-state index in [0.717, 1.165) is 35.2 Å². The number of nitrogens with one attached hydrogen (secondary N) is 2. The van der Waals surface area contributed by atoms with Crippen LogP contribution in [-0.2, 0) is 22.5 Å². The molecule has 0 spiro atoms. The van der Waals surface area contributed by atoms with E-state index in [4.69, 9.17) is 9.15 Å². The number of amides is 1. The largest absolute Gasteiger partial charge is 0.420 e. The van der Waals surface area contributed by atoms with Gasteiger partial charge in [0.2, 0.25) is 0 Å². The Morgan fingerprint density at radius 3 is 2.83 bits per heavy atom. The van der Waals surface area contributed by atoms with E-state index in [1.165, 1.54) is 0 Å². The highest BCUT2D eigenvalue weighted by Crippen LogP contribution is 2.28. The van der Waals surface area contributed by atoms with Gasteiger partial charge in [0, 0.05) is 38.2 Å². The van der Waals surface area contributed by atoms with Crippen LogP contribution >= 0.6 is 0 Å². The van der Waals surface area contributed by atoms with E-state index in [0.29, 0.717) is 38.2 Å². The number of fused-ring (bicyclic) bond motifs is 1. The quantitative estimate of drug-likeness (QED) is 0.508. The van der Waals surface area contributed by atoms with Crippen LogP contribution < -0.4 is 16.4 Å². The summed E-state index contributed by atoms with van der Waals surface area (Å²) in [4.78, 5) is 27.0. The number of aromatic nitrogens is 1. The van der Waals surface area contributed by atoms with Crippen LogP contribution in [0.2, 0.25) is 0 Å². The Labute approximate surface area is 204 Å². The number of hydrogen-bond acceptors (Lipinski definition) is 7. The van der Waals surface area contributed by atoms with Gasteiger partial charge in [0.25, 0.3) is 5.91 Å². The first-order valence-corrected chi connectivity index (χ1v) is 11.8. The summed E-state index contributed by atoms with van der Waals surface area (Å²) in [5.74, 6) is -0.642. The predicted octanol–water partition coefficient (Wildman–Crippen LogP) is 1.75. The third-order valence-electron chi connectivity index (χ3n) is 6.07. The Kier molecular flexibility index (Phi) is 7.98. The summed E-state index contributed by atoms with van der Waals surface area (Å²) in [6.45, 7) is 3.02. The molecular formula is C26H31N5O4. The Bertz CT molecular complexity index is 1250. The van der Waals surface area contributed by atoms with Crippen molar-refractivity contribution in [1.29, 1.82) is 5.26 Å². The number of nitriles is 1. The number of carbonyl (C=O) groups is 1. The third-order valence-corrected chi connectivity index (χ3v) is 6.07. The molecule has 1 saturated heterocycles. The maximum Gasteiger partial charge on any atom is 0.420 e. The van der Waals surface area contributed by atoms with Gasteiger partial charge >= 0.3 is 5.76 Å². The summed E-state index contributed by atoms with van der Waals surface area (Å²) < 4.78 is 12.7. The van der Waals surface area contributed by atoms with Crippen LogP contribution in [0.1, 0.15) is 12.0 Å². The fourth-order valence-corrected chi connectivity index (χ4v) is 4.19. The topological polar surface area (TPSA) is 113 Å². The van der Waals surface area contributed by atoms with Crippen LogP contribution in [-0.4, -0.2) is 67.9 Å². The van der Waals surface area contributed by atoms with Crippen LogP contribution in [0.4, 0.5) is 0 Å². The smallest absolute Gasteiger partial charge is 0.408 e. The summed E-state index contributed by atoms with van der Waals surface area (Å²) in [6, 6.07) is 15.0. The second-order valence-electron chi connectivity index (χ2n) is 8.98. The third kappa shape index (κ3) is 5.98. The molecule has 1 aromatic heterocycles. The number of carbonyl (C=O) groups excluding carboxylic acids is 1. The zero-order chi connectivity index (χ0) is 24.8. The number of likely N-dealkylation sites (N-methyl/N-ethyl adjacent to an activating group) is 1. The molecule has 9 nitrogen and oxygen atoms in total. The van der Waals surface area contributed by atoms with Crippen molar-refractivity contribution in [3.63, 3.8) is 0 Å². The fraction of sp³-hybridized carbons (Fsp3) is 0.423. The molecule has 1 amide bonds. The molecule has 0 aliphatic carbocycles. The Hall–Kier alpha value is -3.45. The first kappa shape index (κ1) is 24.7. The van der Waals surface area contributed by atoms with Crippen LogP contribution in [0, 0.1) is 11.3 Å². The van der Waals surface area contributed by atoms with Crippen molar-refractivity contribution in [3.8, 4) is 17.2 Å². The van der Waals surface area contributed by atoms with Gasteiger partial charge in [-0.05, 0) is 44.3 Å². The first-order valence-electron chi connectivity index (χ1n) is 11.8. The first-order chi connectivity index (χ1) is 17.0. The Morgan fingerprint density at radius 2 is 2.09 bits per heavy atom. The number of benzene rings is 2. The molecule has 0 bridgehead atoms. The molecule has 2 atom stereocenters. The lowest BCUT2D eigenvalue weighted by atomic mass is 10.00. The molecule has 0 radical (unpaired) electrons. The maximum absolute atomic E-state index is 12.5. The molecule has 4 rings (SSSR count). The minimum Gasteiger partial charge on any atom is -0.408 e. The highest BCUT2D eigenvalue weighted by molar-refractivity contribution is 5.91. The van der Waals surface area contributed by atoms with Crippen LogP contribution in [0.5, 0.6) is 0 Å². The van der Waals surface area contributed by atoms with Gasteiger partial charge in [-0.2, -0.15) is 5.26 Å². The average Bonchev–Trinajstić information content (AvgIpc) is 3.01. The van der Waals surface area contributed by atoms with Gasteiger partial charge in [-0.15, -0.1) is 0 Å². The average molecular weight is 478 g/mol. The van der Waals surface area contributed by atoms with E-state index in [1.807, 2.05) is 55.4 Å². The van der Waals surface area contributed by atoms with Crippen molar-refractivity contribution in [2.75, 3.05) is 40.3 Å². The highest BCUT2D eigenvalue weighted by atomic mass is 16.5. The number of rotatable bonds is 8. The second kappa shape index (κ2) is 11.3. The number of nitrogens with zero attached hydrogens (tertiary/aromatic N) is 3. The molecule has 35 heavy (non-hydrogen) atoms. The molecule has 1 aliphatic rings. The molecule has 9 heteroatoms. The lowest BCUT2D eigenvalue weighted by Gasteiger charge is -2.18. The lowest BCUT2D eigenvalue weighted by molar-refractivity contribution is -0.132. The van der Waals surface area contributed by atoms with Crippen molar-refractivity contribution in [3.05, 3.63) is 58.6 Å². The lowest BCUT2D eigenvalue weighted by Crippen LogP contribution is -2.46. The number of para-hydroxylation sites is 1. The van der Waals surface area contributed by atoms with Crippen molar-refractivity contribution >= 4 is 17.0 Å².